The number of rotatable bonds is 6. The maximum atomic E-state index is 13.6. The van der Waals surface area contributed by atoms with E-state index in [0.29, 0.717) is 5.65 Å². The van der Waals surface area contributed by atoms with Gasteiger partial charge in [0.25, 0.3) is 0 Å². The standard InChI is InChI=1S/C23H20N6O2S/c1-17-7-5-9-19-13-20(23-25-26-27-29(23)22(17)19)16-28(15-18-8-6-12-24-14-18)32(30,31)21-10-3-2-4-11-21/h2-14H,15-16H2,1H3. The lowest BCUT2D eigenvalue weighted by molar-refractivity contribution is 0.401. The van der Waals surface area contributed by atoms with Gasteiger partial charge in [0.15, 0.2) is 5.65 Å². The molecule has 9 heteroatoms. The summed E-state index contributed by atoms with van der Waals surface area (Å²) in [5, 5.41) is 13.1. The molecule has 160 valence electrons. The summed E-state index contributed by atoms with van der Waals surface area (Å²) >= 11 is 0. The summed E-state index contributed by atoms with van der Waals surface area (Å²) in [5.41, 5.74) is 3.98. The molecule has 0 aliphatic heterocycles. The van der Waals surface area contributed by atoms with Crippen molar-refractivity contribution in [2.45, 2.75) is 24.9 Å². The Hall–Kier alpha value is -3.69. The highest BCUT2D eigenvalue weighted by Gasteiger charge is 2.26. The minimum absolute atomic E-state index is 0.111. The molecule has 0 aliphatic carbocycles. The van der Waals surface area contributed by atoms with Crippen molar-refractivity contribution in [2.24, 2.45) is 0 Å². The molecule has 3 heterocycles. The molecular formula is C23H20N6O2S. The smallest absolute Gasteiger partial charge is 0.243 e. The average Bonchev–Trinajstić information content (AvgIpc) is 3.30. The second kappa shape index (κ2) is 8.10. The van der Waals surface area contributed by atoms with Gasteiger partial charge in [0.1, 0.15) is 0 Å². The number of aryl methyl sites for hydroxylation is 1. The van der Waals surface area contributed by atoms with Crippen LogP contribution in [0.15, 0.2) is 84.0 Å². The number of aromatic nitrogens is 5. The molecule has 0 bridgehead atoms. The highest BCUT2D eigenvalue weighted by molar-refractivity contribution is 7.89. The van der Waals surface area contributed by atoms with E-state index in [2.05, 4.69) is 20.5 Å². The lowest BCUT2D eigenvalue weighted by Gasteiger charge is -2.23. The summed E-state index contributed by atoms with van der Waals surface area (Å²) in [4.78, 5) is 4.37. The molecule has 0 unspecified atom stereocenters. The number of benzene rings is 2. The SMILES string of the molecule is Cc1cccc2cc(CN(Cc3cccnc3)S(=O)(=O)c3ccccc3)c3nnnn3c12. The molecule has 0 N–H and O–H groups in total. The second-order valence-corrected chi connectivity index (χ2v) is 9.48. The van der Waals surface area contributed by atoms with Crippen LogP contribution in [0.2, 0.25) is 0 Å². The Labute approximate surface area is 185 Å². The zero-order valence-electron chi connectivity index (χ0n) is 17.3. The fourth-order valence-electron chi connectivity index (χ4n) is 3.85. The molecule has 5 aromatic rings. The van der Waals surface area contributed by atoms with Crippen LogP contribution in [0.1, 0.15) is 16.7 Å². The highest BCUT2D eigenvalue weighted by Crippen LogP contribution is 2.26. The van der Waals surface area contributed by atoms with Gasteiger partial charge in [-0.3, -0.25) is 4.98 Å². The molecule has 0 saturated heterocycles. The van der Waals surface area contributed by atoms with Crippen LogP contribution < -0.4 is 0 Å². The maximum absolute atomic E-state index is 13.6. The van der Waals surface area contributed by atoms with Crippen LogP contribution in [0, 0.1) is 6.92 Å². The summed E-state index contributed by atoms with van der Waals surface area (Å²) in [6.45, 7) is 2.28. The van der Waals surface area contributed by atoms with Crippen LogP contribution in [0.3, 0.4) is 0 Å². The molecule has 0 aliphatic rings. The Balaban J connectivity index is 1.64. The highest BCUT2D eigenvalue weighted by atomic mass is 32.2. The minimum atomic E-state index is -3.78. The Kier molecular flexibility index (Phi) is 5.12. The Morgan fingerprint density at radius 1 is 0.969 bits per heavy atom. The minimum Gasteiger partial charge on any atom is -0.264 e. The lowest BCUT2D eigenvalue weighted by Crippen LogP contribution is -2.30. The van der Waals surface area contributed by atoms with Gasteiger partial charge in [-0.15, -0.1) is 5.10 Å². The average molecular weight is 445 g/mol. The number of tetrazole rings is 1. The van der Waals surface area contributed by atoms with Gasteiger partial charge >= 0.3 is 0 Å². The van der Waals surface area contributed by atoms with Crippen molar-refractivity contribution >= 4 is 26.6 Å². The van der Waals surface area contributed by atoms with Gasteiger partial charge in [-0.05, 0) is 52.7 Å². The molecular weight excluding hydrogens is 424 g/mol. The summed E-state index contributed by atoms with van der Waals surface area (Å²) in [6, 6.07) is 20.0. The number of sulfonamides is 1. The molecule has 0 saturated carbocycles. The largest absolute Gasteiger partial charge is 0.264 e. The van der Waals surface area contributed by atoms with Crippen molar-refractivity contribution in [1.29, 1.82) is 0 Å². The van der Waals surface area contributed by atoms with Gasteiger partial charge in [0.2, 0.25) is 10.0 Å². The number of nitrogens with zero attached hydrogens (tertiary/aromatic N) is 6. The first-order valence-corrected chi connectivity index (χ1v) is 11.5. The third kappa shape index (κ3) is 3.61. The Morgan fingerprint density at radius 3 is 2.59 bits per heavy atom. The fourth-order valence-corrected chi connectivity index (χ4v) is 5.27. The van der Waals surface area contributed by atoms with Crippen molar-refractivity contribution in [3.05, 3.63) is 95.8 Å². The second-order valence-electron chi connectivity index (χ2n) is 7.54. The zero-order valence-corrected chi connectivity index (χ0v) is 18.1. The van der Waals surface area contributed by atoms with Gasteiger partial charge in [-0.25, -0.2) is 8.42 Å². The first-order chi connectivity index (χ1) is 15.5. The zero-order chi connectivity index (χ0) is 22.1. The molecule has 0 spiro atoms. The monoisotopic (exact) mass is 444 g/mol. The van der Waals surface area contributed by atoms with E-state index in [0.717, 1.165) is 27.6 Å². The summed E-state index contributed by atoms with van der Waals surface area (Å²) in [5.74, 6) is 0. The van der Waals surface area contributed by atoms with E-state index >= 15 is 0 Å². The fraction of sp³-hybridized carbons (Fsp3) is 0.130. The van der Waals surface area contributed by atoms with Gasteiger partial charge in [-0.1, -0.05) is 42.5 Å². The van der Waals surface area contributed by atoms with Gasteiger partial charge in [0, 0.05) is 36.4 Å². The molecule has 8 nitrogen and oxygen atoms in total. The first-order valence-electron chi connectivity index (χ1n) is 10.1. The predicted molar refractivity (Wildman–Crippen MR) is 120 cm³/mol. The van der Waals surface area contributed by atoms with Crippen LogP contribution in [0.5, 0.6) is 0 Å². The molecule has 0 fully saturated rings. The first kappa shape index (κ1) is 20.2. The van der Waals surface area contributed by atoms with Crippen molar-refractivity contribution in [3.8, 4) is 0 Å². The normalized spacial score (nSPS) is 12.1. The van der Waals surface area contributed by atoms with Gasteiger partial charge < -0.3 is 0 Å². The maximum Gasteiger partial charge on any atom is 0.243 e. The summed E-state index contributed by atoms with van der Waals surface area (Å²) in [6.07, 6.45) is 3.34. The van der Waals surface area contributed by atoms with Crippen molar-refractivity contribution < 1.29 is 8.42 Å². The van der Waals surface area contributed by atoms with E-state index in [1.165, 1.54) is 4.31 Å². The predicted octanol–water partition coefficient (Wildman–Crippen LogP) is 3.37. The van der Waals surface area contributed by atoms with Gasteiger partial charge in [-0.2, -0.15) is 8.82 Å². The van der Waals surface area contributed by atoms with E-state index < -0.39 is 10.0 Å². The van der Waals surface area contributed by atoms with Crippen molar-refractivity contribution in [2.75, 3.05) is 0 Å². The quantitative estimate of drug-likeness (QED) is 0.399. The number of fused-ring (bicyclic) bond motifs is 3. The topological polar surface area (TPSA) is 93.4 Å². The molecule has 2 aromatic carbocycles. The number of para-hydroxylation sites is 1. The Bertz CT molecular complexity index is 1500. The molecule has 32 heavy (non-hydrogen) atoms. The Morgan fingerprint density at radius 2 is 1.81 bits per heavy atom. The number of pyridine rings is 2. The van der Waals surface area contributed by atoms with Gasteiger partial charge in [0.05, 0.1) is 10.4 Å². The van der Waals surface area contributed by atoms with Crippen LogP contribution in [0.25, 0.3) is 16.6 Å². The van der Waals surface area contributed by atoms with E-state index in [1.54, 1.807) is 53.3 Å². The molecule has 0 radical (unpaired) electrons. The summed E-state index contributed by atoms with van der Waals surface area (Å²) < 4.78 is 30.3. The molecule has 0 atom stereocenters. The van der Waals surface area contributed by atoms with Crippen LogP contribution in [-0.4, -0.2) is 37.7 Å². The van der Waals surface area contributed by atoms with Crippen molar-refractivity contribution in [3.63, 3.8) is 0 Å². The van der Waals surface area contributed by atoms with E-state index in [-0.39, 0.29) is 18.0 Å². The van der Waals surface area contributed by atoms with E-state index in [1.807, 2.05) is 37.3 Å². The number of hydrogen-bond donors (Lipinski definition) is 0. The molecule has 5 rings (SSSR count). The third-order valence-corrected chi connectivity index (χ3v) is 7.18. The van der Waals surface area contributed by atoms with Crippen LogP contribution in [-0.2, 0) is 23.1 Å². The van der Waals surface area contributed by atoms with E-state index in [9.17, 15) is 8.42 Å². The van der Waals surface area contributed by atoms with E-state index in [4.69, 9.17) is 0 Å². The molecule has 0 amide bonds. The number of hydrogen-bond acceptors (Lipinski definition) is 6. The van der Waals surface area contributed by atoms with Crippen molar-refractivity contribution in [1.82, 2.24) is 29.3 Å². The molecule has 3 aromatic heterocycles. The lowest BCUT2D eigenvalue weighted by atomic mass is 10.1. The third-order valence-electron chi connectivity index (χ3n) is 5.38. The van der Waals surface area contributed by atoms with Crippen LogP contribution >= 0.6 is 0 Å². The summed E-state index contributed by atoms with van der Waals surface area (Å²) in [7, 11) is -3.78. The van der Waals surface area contributed by atoms with Crippen LogP contribution in [0.4, 0.5) is 0 Å².